The maximum absolute atomic E-state index is 11.9. The lowest BCUT2D eigenvalue weighted by molar-refractivity contribution is -0.134. The third-order valence-corrected chi connectivity index (χ3v) is 2.48. The molecule has 0 saturated carbocycles. The molecule has 18 heavy (non-hydrogen) atoms. The van der Waals surface area contributed by atoms with Crippen LogP contribution in [0.4, 0.5) is 18.9 Å². The second-order valence-corrected chi connectivity index (χ2v) is 4.05. The Morgan fingerprint density at radius 3 is 2.56 bits per heavy atom. The molecule has 0 saturated heterocycles. The number of nitrogens with one attached hydrogen (secondary N) is 1. The van der Waals surface area contributed by atoms with E-state index in [0.717, 1.165) is 0 Å². The molecule has 0 spiro atoms. The van der Waals surface area contributed by atoms with Gasteiger partial charge in [-0.1, -0.05) is 11.6 Å². The molecule has 1 aromatic rings. The normalized spacial score (nSPS) is 11.3. The highest BCUT2D eigenvalue weighted by atomic mass is 35.5. The van der Waals surface area contributed by atoms with Crippen molar-refractivity contribution in [2.45, 2.75) is 19.0 Å². The van der Waals surface area contributed by atoms with E-state index in [2.05, 4.69) is 5.32 Å². The van der Waals surface area contributed by atoms with Crippen LogP contribution in [-0.2, 0) is 0 Å². The molecule has 0 fully saturated rings. The fraction of sp³-hybridized carbons (Fsp3) is 0.364. The van der Waals surface area contributed by atoms with Gasteiger partial charge in [0.25, 0.3) is 0 Å². The molecular formula is C11H11ClF3NO2. The molecule has 0 radical (unpaired) electrons. The minimum Gasteiger partial charge on any atom is -0.478 e. The van der Waals surface area contributed by atoms with Gasteiger partial charge in [0, 0.05) is 18.7 Å². The van der Waals surface area contributed by atoms with Crippen LogP contribution in [0.2, 0.25) is 5.02 Å². The molecule has 0 aliphatic carbocycles. The van der Waals surface area contributed by atoms with Gasteiger partial charge in [0.15, 0.2) is 0 Å². The van der Waals surface area contributed by atoms with Gasteiger partial charge in [-0.15, -0.1) is 0 Å². The zero-order chi connectivity index (χ0) is 13.8. The lowest BCUT2D eigenvalue weighted by Gasteiger charge is -2.09. The second-order valence-electron chi connectivity index (χ2n) is 3.65. The summed E-state index contributed by atoms with van der Waals surface area (Å²) < 4.78 is 35.6. The number of alkyl halides is 3. The Labute approximate surface area is 107 Å². The number of carboxylic acid groups (broad SMARTS) is 1. The van der Waals surface area contributed by atoms with Crippen LogP contribution in [0.15, 0.2) is 18.2 Å². The summed E-state index contributed by atoms with van der Waals surface area (Å²) in [4.78, 5) is 10.7. The lowest BCUT2D eigenvalue weighted by atomic mass is 10.2. The van der Waals surface area contributed by atoms with Crippen LogP contribution >= 0.6 is 11.6 Å². The van der Waals surface area contributed by atoms with Gasteiger partial charge < -0.3 is 10.4 Å². The van der Waals surface area contributed by atoms with Gasteiger partial charge in [-0.25, -0.2) is 4.79 Å². The van der Waals surface area contributed by atoms with E-state index in [9.17, 15) is 18.0 Å². The number of carbonyl (C=O) groups is 1. The van der Waals surface area contributed by atoms with Crippen molar-refractivity contribution in [3.8, 4) is 0 Å². The molecule has 2 N–H and O–H groups in total. The van der Waals surface area contributed by atoms with Crippen molar-refractivity contribution < 1.29 is 23.1 Å². The molecule has 0 aromatic heterocycles. The van der Waals surface area contributed by atoms with Gasteiger partial charge in [-0.05, 0) is 24.6 Å². The van der Waals surface area contributed by atoms with E-state index < -0.39 is 18.6 Å². The quantitative estimate of drug-likeness (QED) is 0.807. The zero-order valence-electron chi connectivity index (χ0n) is 9.22. The molecule has 0 unspecified atom stereocenters. The van der Waals surface area contributed by atoms with E-state index in [1.807, 2.05) is 0 Å². The summed E-state index contributed by atoms with van der Waals surface area (Å²) in [5, 5.41) is 11.5. The summed E-state index contributed by atoms with van der Waals surface area (Å²) in [6.45, 7) is 0.141. The Morgan fingerprint density at radius 2 is 2.06 bits per heavy atom. The van der Waals surface area contributed by atoms with Crippen molar-refractivity contribution in [3.63, 3.8) is 0 Å². The van der Waals surface area contributed by atoms with Crippen LogP contribution in [0.25, 0.3) is 0 Å². The standard InChI is InChI=1S/C11H11ClF3NO2/c12-9-6-7(2-3-8(9)10(17)18)16-5-1-4-11(13,14)15/h2-3,6,16H,1,4-5H2,(H,17,18). The first kappa shape index (κ1) is 14.6. The van der Waals surface area contributed by atoms with Crippen LogP contribution in [0, 0.1) is 0 Å². The van der Waals surface area contributed by atoms with Crippen molar-refractivity contribution in [2.24, 2.45) is 0 Å². The number of rotatable bonds is 5. The first-order valence-corrected chi connectivity index (χ1v) is 5.51. The first-order valence-electron chi connectivity index (χ1n) is 5.13. The smallest absolute Gasteiger partial charge is 0.389 e. The Morgan fingerprint density at radius 1 is 1.39 bits per heavy atom. The molecule has 100 valence electrons. The number of anilines is 1. The summed E-state index contributed by atoms with van der Waals surface area (Å²) in [6, 6.07) is 4.14. The molecule has 1 rings (SSSR count). The number of hydrogen-bond donors (Lipinski definition) is 2. The molecule has 0 amide bonds. The Balaban J connectivity index is 2.49. The van der Waals surface area contributed by atoms with E-state index in [-0.39, 0.29) is 23.6 Å². The highest BCUT2D eigenvalue weighted by molar-refractivity contribution is 6.33. The number of halogens is 4. The summed E-state index contributed by atoms with van der Waals surface area (Å²) in [5.74, 6) is -1.15. The molecule has 0 aliphatic rings. The number of aromatic carboxylic acids is 1. The van der Waals surface area contributed by atoms with Gasteiger partial charge in [-0.2, -0.15) is 13.2 Å². The van der Waals surface area contributed by atoms with E-state index in [4.69, 9.17) is 16.7 Å². The number of hydrogen-bond acceptors (Lipinski definition) is 2. The number of carboxylic acids is 1. The molecule has 1 aromatic carbocycles. The highest BCUT2D eigenvalue weighted by Gasteiger charge is 2.25. The van der Waals surface area contributed by atoms with Gasteiger partial charge >= 0.3 is 12.1 Å². The largest absolute Gasteiger partial charge is 0.478 e. The van der Waals surface area contributed by atoms with Crippen molar-refractivity contribution in [1.82, 2.24) is 0 Å². The third kappa shape index (κ3) is 4.83. The molecule has 0 atom stereocenters. The zero-order valence-corrected chi connectivity index (χ0v) is 9.98. The number of benzene rings is 1. The summed E-state index contributed by atoms with van der Waals surface area (Å²) in [6.07, 6.45) is -5.07. The van der Waals surface area contributed by atoms with Gasteiger partial charge in [-0.3, -0.25) is 0 Å². The van der Waals surface area contributed by atoms with Crippen LogP contribution in [-0.4, -0.2) is 23.8 Å². The van der Waals surface area contributed by atoms with Gasteiger partial charge in [0.2, 0.25) is 0 Å². The molecule has 7 heteroatoms. The molecule has 0 bridgehead atoms. The predicted octanol–water partition coefficient (Wildman–Crippen LogP) is 3.79. The SMILES string of the molecule is O=C(O)c1ccc(NCCCC(F)(F)F)cc1Cl. The minimum absolute atomic E-state index is 0.0440. The molecule has 0 aliphatic heterocycles. The van der Waals surface area contributed by atoms with E-state index in [1.54, 1.807) is 0 Å². The fourth-order valence-electron chi connectivity index (χ4n) is 1.32. The van der Waals surface area contributed by atoms with E-state index in [0.29, 0.717) is 5.69 Å². The Kier molecular flexibility index (Phi) is 4.84. The Hall–Kier alpha value is -1.43. The average molecular weight is 282 g/mol. The second kappa shape index (κ2) is 5.95. The van der Waals surface area contributed by atoms with Crippen LogP contribution in [0.3, 0.4) is 0 Å². The topological polar surface area (TPSA) is 49.3 Å². The van der Waals surface area contributed by atoms with Crippen molar-refractivity contribution in [2.75, 3.05) is 11.9 Å². The van der Waals surface area contributed by atoms with Crippen LogP contribution < -0.4 is 5.32 Å². The summed E-state index contributed by atoms with van der Waals surface area (Å²) in [5.41, 5.74) is 0.449. The Bertz CT molecular complexity index is 435. The van der Waals surface area contributed by atoms with Crippen molar-refractivity contribution in [1.29, 1.82) is 0 Å². The maximum Gasteiger partial charge on any atom is 0.389 e. The lowest BCUT2D eigenvalue weighted by Crippen LogP contribution is -2.11. The van der Waals surface area contributed by atoms with E-state index in [1.165, 1.54) is 18.2 Å². The highest BCUT2D eigenvalue weighted by Crippen LogP contribution is 2.23. The van der Waals surface area contributed by atoms with Gasteiger partial charge in [0.1, 0.15) is 0 Å². The van der Waals surface area contributed by atoms with Crippen molar-refractivity contribution in [3.05, 3.63) is 28.8 Å². The maximum atomic E-state index is 11.9. The van der Waals surface area contributed by atoms with Gasteiger partial charge in [0.05, 0.1) is 10.6 Å². The predicted molar refractivity (Wildman–Crippen MR) is 62.2 cm³/mol. The molecule has 3 nitrogen and oxygen atoms in total. The minimum atomic E-state index is -4.16. The third-order valence-electron chi connectivity index (χ3n) is 2.17. The summed E-state index contributed by atoms with van der Waals surface area (Å²) >= 11 is 5.71. The monoisotopic (exact) mass is 281 g/mol. The molecule has 0 heterocycles. The van der Waals surface area contributed by atoms with Crippen molar-refractivity contribution >= 4 is 23.3 Å². The fourth-order valence-corrected chi connectivity index (χ4v) is 1.58. The van der Waals surface area contributed by atoms with E-state index >= 15 is 0 Å². The molecular weight excluding hydrogens is 271 g/mol. The van der Waals surface area contributed by atoms with Crippen LogP contribution in [0.1, 0.15) is 23.2 Å². The first-order chi connectivity index (χ1) is 8.29. The average Bonchev–Trinajstić information content (AvgIpc) is 2.22. The van der Waals surface area contributed by atoms with Crippen LogP contribution in [0.5, 0.6) is 0 Å². The summed E-state index contributed by atoms with van der Waals surface area (Å²) in [7, 11) is 0.